The van der Waals surface area contributed by atoms with Gasteiger partial charge in [0.05, 0.1) is 10.9 Å². The maximum absolute atomic E-state index is 13.2. The van der Waals surface area contributed by atoms with Crippen molar-refractivity contribution < 1.29 is 33.4 Å². The van der Waals surface area contributed by atoms with Gasteiger partial charge in [-0.25, -0.2) is 9.59 Å². The fourth-order valence-electron chi connectivity index (χ4n) is 4.58. The summed E-state index contributed by atoms with van der Waals surface area (Å²) in [5.74, 6) is -1.36. The molecule has 48 heavy (non-hydrogen) atoms. The molecule has 5 N–H and O–H groups in total. The van der Waals surface area contributed by atoms with Gasteiger partial charge in [0.25, 0.3) is 11.8 Å². The van der Waals surface area contributed by atoms with Gasteiger partial charge in [-0.05, 0) is 54.9 Å². The summed E-state index contributed by atoms with van der Waals surface area (Å²) in [7, 11) is 0. The molecule has 12 nitrogen and oxygen atoms in total. The molecule has 0 radical (unpaired) electrons. The van der Waals surface area contributed by atoms with E-state index in [2.05, 4.69) is 26.8 Å². The Hall–Kier alpha value is -4.91. The Labute approximate surface area is 285 Å². The number of hydrazine groups is 1. The zero-order chi connectivity index (χ0) is 35.1. The Bertz CT molecular complexity index is 1500. The number of hydrogen-bond donors (Lipinski definition) is 5. The van der Waals surface area contributed by atoms with Crippen LogP contribution in [0.3, 0.4) is 0 Å². The van der Waals surface area contributed by atoms with Crippen LogP contribution in [0.1, 0.15) is 79.2 Å². The number of hydrogen-bond acceptors (Lipinski definition) is 8. The van der Waals surface area contributed by atoms with Gasteiger partial charge >= 0.3 is 12.2 Å². The summed E-state index contributed by atoms with van der Waals surface area (Å²) in [6.45, 7) is 9.60. The zero-order valence-electron chi connectivity index (χ0n) is 27.9. The second-order valence-corrected chi connectivity index (χ2v) is 13.3. The molecular formula is C35H45N5O7S. The number of amides is 5. The van der Waals surface area contributed by atoms with Crippen molar-refractivity contribution in [1.82, 2.24) is 26.8 Å². The van der Waals surface area contributed by atoms with Crippen LogP contribution in [0.4, 0.5) is 9.59 Å². The topological polar surface area (TPSA) is 164 Å². The normalized spacial score (nSPS) is 12.7. The van der Waals surface area contributed by atoms with Gasteiger partial charge in [0, 0.05) is 4.88 Å². The molecule has 0 saturated carbocycles. The molecule has 5 amide bonds. The number of ether oxygens (including phenoxy) is 2. The summed E-state index contributed by atoms with van der Waals surface area (Å²) >= 11 is 1.14. The molecule has 0 spiro atoms. The van der Waals surface area contributed by atoms with Crippen molar-refractivity contribution in [3.05, 3.63) is 93.7 Å². The molecule has 1 unspecified atom stereocenters. The van der Waals surface area contributed by atoms with Crippen LogP contribution in [-0.4, -0.2) is 42.0 Å². The van der Waals surface area contributed by atoms with E-state index in [9.17, 15) is 24.0 Å². The van der Waals surface area contributed by atoms with Crippen LogP contribution >= 0.6 is 11.3 Å². The lowest BCUT2D eigenvalue weighted by Crippen LogP contribution is -2.52. The van der Waals surface area contributed by atoms with Crippen LogP contribution in [0.2, 0.25) is 0 Å². The van der Waals surface area contributed by atoms with Gasteiger partial charge in [0.15, 0.2) is 0 Å². The van der Waals surface area contributed by atoms with Crippen LogP contribution in [0, 0.1) is 11.8 Å². The molecule has 1 heterocycles. The van der Waals surface area contributed by atoms with Gasteiger partial charge in [-0.2, -0.15) is 0 Å². The van der Waals surface area contributed by atoms with Gasteiger partial charge in [0.1, 0.15) is 25.3 Å². The minimum Gasteiger partial charge on any atom is -0.445 e. The van der Waals surface area contributed by atoms with E-state index in [1.165, 1.54) is 0 Å². The second-order valence-electron chi connectivity index (χ2n) is 12.2. The van der Waals surface area contributed by atoms with Crippen molar-refractivity contribution in [3.8, 4) is 0 Å². The third-order valence-electron chi connectivity index (χ3n) is 6.99. The number of carbonyl (C=O) groups is 5. The Morgan fingerprint density at radius 2 is 1.08 bits per heavy atom. The first kappa shape index (κ1) is 37.5. The smallest absolute Gasteiger partial charge is 0.408 e. The van der Waals surface area contributed by atoms with Crippen molar-refractivity contribution in [2.75, 3.05) is 0 Å². The SMILES string of the molecule is CC(C)C[C@H](NC(=O)OCc1ccccc1)C(=O)NNC(=O)c1ccc(C(C)NC(=O)[C@H](CC(C)C)NC(=O)OCc2ccccc2)s1. The predicted octanol–water partition coefficient (Wildman–Crippen LogP) is 5.37. The van der Waals surface area contributed by atoms with E-state index in [0.29, 0.717) is 22.6 Å². The van der Waals surface area contributed by atoms with Gasteiger partial charge in [-0.15, -0.1) is 11.3 Å². The van der Waals surface area contributed by atoms with Crippen LogP contribution in [0.15, 0.2) is 72.8 Å². The largest absolute Gasteiger partial charge is 0.445 e. The Kier molecular flexibility index (Phi) is 14.9. The van der Waals surface area contributed by atoms with Crippen molar-refractivity contribution in [1.29, 1.82) is 0 Å². The maximum atomic E-state index is 13.2. The molecule has 3 aromatic rings. The number of thiophene rings is 1. The van der Waals surface area contributed by atoms with Gasteiger partial charge in [-0.1, -0.05) is 88.4 Å². The lowest BCUT2D eigenvalue weighted by Gasteiger charge is -2.22. The molecule has 0 bridgehead atoms. The van der Waals surface area contributed by atoms with Crippen LogP contribution in [0.5, 0.6) is 0 Å². The monoisotopic (exact) mass is 679 g/mol. The quantitative estimate of drug-likeness (QED) is 0.135. The van der Waals surface area contributed by atoms with Gasteiger partial charge in [-0.3, -0.25) is 25.2 Å². The van der Waals surface area contributed by atoms with Crippen molar-refractivity contribution in [2.24, 2.45) is 11.8 Å². The fraction of sp³-hybridized carbons (Fsp3) is 0.400. The Balaban J connectivity index is 1.51. The molecular weight excluding hydrogens is 634 g/mol. The molecule has 3 atom stereocenters. The summed E-state index contributed by atoms with van der Waals surface area (Å²) in [6, 6.07) is 19.4. The van der Waals surface area contributed by atoms with Crippen LogP contribution in [-0.2, 0) is 32.3 Å². The fourth-order valence-corrected chi connectivity index (χ4v) is 5.49. The van der Waals surface area contributed by atoms with E-state index in [1.807, 2.05) is 88.4 Å². The summed E-state index contributed by atoms with van der Waals surface area (Å²) in [5, 5.41) is 8.14. The average molecular weight is 680 g/mol. The maximum Gasteiger partial charge on any atom is 0.408 e. The molecule has 0 aliphatic carbocycles. The highest BCUT2D eigenvalue weighted by molar-refractivity contribution is 7.14. The highest BCUT2D eigenvalue weighted by atomic mass is 32.1. The lowest BCUT2D eigenvalue weighted by atomic mass is 10.0. The second kappa shape index (κ2) is 19.0. The van der Waals surface area contributed by atoms with E-state index < -0.39 is 42.1 Å². The number of nitrogens with one attached hydrogen (secondary N) is 5. The molecule has 0 aliphatic rings. The molecule has 1 aromatic heterocycles. The third kappa shape index (κ3) is 13.1. The molecule has 2 aromatic carbocycles. The van der Waals surface area contributed by atoms with E-state index in [0.717, 1.165) is 22.5 Å². The highest BCUT2D eigenvalue weighted by Gasteiger charge is 2.26. The molecule has 0 saturated heterocycles. The Morgan fingerprint density at radius 3 is 1.56 bits per heavy atom. The molecule has 13 heteroatoms. The van der Waals surface area contributed by atoms with Gasteiger partial charge in [0.2, 0.25) is 5.91 Å². The standard InChI is InChI=1S/C35H45N5O7S/c1-22(2)18-27(37-34(44)46-20-25-12-8-6-9-13-25)31(41)36-24(5)29-16-17-30(48-29)33(43)40-39-32(42)28(19-23(3)4)38-35(45)47-21-26-14-10-7-11-15-26/h6-17,22-24,27-28H,18-21H2,1-5H3,(H,36,41)(H,37,44)(H,38,45)(H,39,42)(H,40,43)/t24?,27-,28-/m0/s1. The molecule has 0 aliphatic heterocycles. The average Bonchev–Trinajstić information content (AvgIpc) is 3.56. The number of benzene rings is 2. The first-order valence-corrected chi connectivity index (χ1v) is 16.7. The number of carbonyl (C=O) groups excluding carboxylic acids is 5. The van der Waals surface area contributed by atoms with Crippen molar-refractivity contribution in [2.45, 2.75) is 78.8 Å². The molecule has 258 valence electrons. The summed E-state index contributed by atoms with van der Waals surface area (Å²) in [6.07, 6.45) is -0.729. The summed E-state index contributed by atoms with van der Waals surface area (Å²) in [5.41, 5.74) is 6.41. The highest BCUT2D eigenvalue weighted by Crippen LogP contribution is 2.23. The summed E-state index contributed by atoms with van der Waals surface area (Å²) < 4.78 is 10.5. The first-order valence-electron chi connectivity index (χ1n) is 15.9. The minimum atomic E-state index is -0.939. The minimum absolute atomic E-state index is 0.0508. The third-order valence-corrected chi connectivity index (χ3v) is 8.26. The lowest BCUT2D eigenvalue weighted by molar-refractivity contribution is -0.124. The van der Waals surface area contributed by atoms with E-state index >= 15 is 0 Å². The van der Waals surface area contributed by atoms with Crippen LogP contribution < -0.4 is 26.8 Å². The van der Waals surface area contributed by atoms with E-state index in [-0.39, 0.29) is 31.0 Å². The predicted molar refractivity (Wildman–Crippen MR) is 182 cm³/mol. The van der Waals surface area contributed by atoms with Crippen LogP contribution in [0.25, 0.3) is 0 Å². The first-order chi connectivity index (χ1) is 22.9. The van der Waals surface area contributed by atoms with E-state index in [4.69, 9.17) is 9.47 Å². The molecule has 3 rings (SSSR count). The zero-order valence-corrected chi connectivity index (χ0v) is 28.7. The van der Waals surface area contributed by atoms with E-state index in [1.54, 1.807) is 19.1 Å². The van der Waals surface area contributed by atoms with Crippen molar-refractivity contribution in [3.63, 3.8) is 0 Å². The number of rotatable bonds is 15. The molecule has 0 fully saturated rings. The van der Waals surface area contributed by atoms with Crippen molar-refractivity contribution >= 4 is 41.2 Å². The Morgan fingerprint density at radius 1 is 0.604 bits per heavy atom. The van der Waals surface area contributed by atoms with Gasteiger partial charge < -0.3 is 25.4 Å². The summed E-state index contributed by atoms with van der Waals surface area (Å²) in [4.78, 5) is 64.8. The number of alkyl carbamates (subject to hydrolysis) is 2.